The molecule has 1 aliphatic rings. The van der Waals surface area contributed by atoms with Gasteiger partial charge >= 0.3 is 0 Å². The van der Waals surface area contributed by atoms with Crippen LogP contribution in [0.15, 0.2) is 59.6 Å². The summed E-state index contributed by atoms with van der Waals surface area (Å²) in [6, 6.07) is 19.2. The van der Waals surface area contributed by atoms with E-state index in [0.717, 1.165) is 32.0 Å². The highest BCUT2D eigenvalue weighted by atomic mass is 15.1. The maximum atomic E-state index is 4.36. The van der Waals surface area contributed by atoms with Gasteiger partial charge in [0.2, 0.25) is 0 Å². The molecule has 0 fully saturated rings. The second-order valence-electron chi connectivity index (χ2n) is 4.92. The molecule has 1 heterocycles. The van der Waals surface area contributed by atoms with Gasteiger partial charge in [0.25, 0.3) is 0 Å². The summed E-state index contributed by atoms with van der Waals surface area (Å²) >= 11 is 0. The third-order valence-corrected chi connectivity index (χ3v) is 3.43. The predicted octanol–water partition coefficient (Wildman–Crippen LogP) is 2.44. The lowest BCUT2D eigenvalue weighted by Crippen LogP contribution is -2.30. The van der Waals surface area contributed by atoms with Crippen molar-refractivity contribution in [3.8, 4) is 11.1 Å². The zero-order valence-corrected chi connectivity index (χ0v) is 11.5. The normalized spacial score (nSPS) is 13.9. The molecule has 0 amide bonds. The number of benzene rings is 2. The molecule has 3 rings (SSSR count). The van der Waals surface area contributed by atoms with E-state index in [0.29, 0.717) is 0 Å². The number of aliphatic imine (C=N–C) groups is 1. The van der Waals surface area contributed by atoms with Crippen molar-refractivity contribution in [1.82, 2.24) is 10.6 Å². The van der Waals surface area contributed by atoms with Gasteiger partial charge in [-0.25, -0.2) is 0 Å². The highest BCUT2D eigenvalue weighted by molar-refractivity contribution is 5.85. The van der Waals surface area contributed by atoms with Gasteiger partial charge in [0.15, 0.2) is 0 Å². The van der Waals surface area contributed by atoms with E-state index in [4.69, 9.17) is 0 Å². The number of amidine groups is 1. The fourth-order valence-corrected chi connectivity index (χ4v) is 2.34. The summed E-state index contributed by atoms with van der Waals surface area (Å²) in [7, 11) is 0. The Labute approximate surface area is 119 Å². The van der Waals surface area contributed by atoms with Crippen LogP contribution in [0.5, 0.6) is 0 Å². The van der Waals surface area contributed by atoms with E-state index in [1.165, 1.54) is 16.7 Å². The van der Waals surface area contributed by atoms with Crippen LogP contribution in [0.4, 0.5) is 0 Å². The van der Waals surface area contributed by atoms with Crippen LogP contribution in [-0.4, -0.2) is 25.5 Å². The van der Waals surface area contributed by atoms with E-state index in [1.54, 1.807) is 0 Å². The molecule has 2 aromatic rings. The summed E-state index contributed by atoms with van der Waals surface area (Å²) < 4.78 is 0. The number of hydrogen-bond donors (Lipinski definition) is 2. The molecule has 0 aliphatic carbocycles. The molecule has 0 bridgehead atoms. The summed E-state index contributed by atoms with van der Waals surface area (Å²) in [6.07, 6.45) is 0. The van der Waals surface area contributed by atoms with Gasteiger partial charge in [-0.05, 0) is 16.7 Å². The minimum absolute atomic E-state index is 0.820. The second kappa shape index (κ2) is 6.35. The average molecular weight is 265 g/mol. The number of nitrogens with one attached hydrogen (secondary N) is 2. The lowest BCUT2D eigenvalue weighted by atomic mass is 10.0. The molecule has 0 aromatic heterocycles. The molecular weight excluding hydrogens is 246 g/mol. The van der Waals surface area contributed by atoms with Crippen LogP contribution in [0, 0.1) is 0 Å². The van der Waals surface area contributed by atoms with Crippen LogP contribution >= 0.6 is 0 Å². The fourth-order valence-electron chi connectivity index (χ4n) is 2.34. The van der Waals surface area contributed by atoms with Crippen molar-refractivity contribution in [1.29, 1.82) is 0 Å². The van der Waals surface area contributed by atoms with Crippen LogP contribution in [0.25, 0.3) is 11.1 Å². The summed E-state index contributed by atoms with van der Waals surface area (Å²) in [5.41, 5.74) is 3.82. The van der Waals surface area contributed by atoms with Gasteiger partial charge < -0.3 is 10.6 Å². The Morgan fingerprint density at radius 3 is 2.35 bits per heavy atom. The zero-order valence-electron chi connectivity index (χ0n) is 11.5. The Balaban J connectivity index is 1.56. The fraction of sp³-hybridized carbons (Fsp3) is 0.235. The highest BCUT2D eigenvalue weighted by Crippen LogP contribution is 2.19. The van der Waals surface area contributed by atoms with Gasteiger partial charge in [0.1, 0.15) is 5.84 Å². The molecular formula is C17H19N3. The van der Waals surface area contributed by atoms with Crippen molar-refractivity contribution in [2.24, 2.45) is 4.99 Å². The standard InChI is InChI=1S/C17H19N3/c1-2-4-15(5-3-1)16-8-6-14(7-9-16)12-18-13-17-19-10-11-20-17/h1-9,18H,10-13H2,(H,19,20). The van der Waals surface area contributed by atoms with Crippen molar-refractivity contribution in [3.63, 3.8) is 0 Å². The quantitative estimate of drug-likeness (QED) is 0.871. The summed E-state index contributed by atoms with van der Waals surface area (Å²) in [4.78, 5) is 4.36. The van der Waals surface area contributed by atoms with Gasteiger partial charge in [-0.15, -0.1) is 0 Å². The highest BCUT2D eigenvalue weighted by Gasteiger charge is 2.03. The topological polar surface area (TPSA) is 36.4 Å². The molecule has 0 spiro atoms. The van der Waals surface area contributed by atoms with Gasteiger partial charge in [-0.1, -0.05) is 54.6 Å². The van der Waals surface area contributed by atoms with E-state index < -0.39 is 0 Å². The first kappa shape index (κ1) is 12.9. The Hall–Kier alpha value is -2.13. The molecule has 1 aliphatic heterocycles. The molecule has 3 nitrogen and oxygen atoms in total. The van der Waals surface area contributed by atoms with E-state index in [9.17, 15) is 0 Å². The molecule has 0 atom stereocenters. The van der Waals surface area contributed by atoms with Crippen LogP contribution in [0.3, 0.4) is 0 Å². The van der Waals surface area contributed by atoms with Gasteiger partial charge in [-0.2, -0.15) is 0 Å². The molecule has 102 valence electrons. The maximum absolute atomic E-state index is 4.36. The van der Waals surface area contributed by atoms with Crippen LogP contribution in [0.2, 0.25) is 0 Å². The van der Waals surface area contributed by atoms with Gasteiger partial charge in [-0.3, -0.25) is 4.99 Å². The summed E-state index contributed by atoms with van der Waals surface area (Å²) in [6.45, 7) is 3.57. The zero-order chi connectivity index (χ0) is 13.6. The molecule has 2 aromatic carbocycles. The van der Waals surface area contributed by atoms with E-state index in [-0.39, 0.29) is 0 Å². The minimum Gasteiger partial charge on any atom is -0.371 e. The number of nitrogens with zero attached hydrogens (tertiary/aromatic N) is 1. The SMILES string of the molecule is c1ccc(-c2ccc(CNCC3=NCCN3)cc2)cc1. The van der Waals surface area contributed by atoms with Crippen molar-refractivity contribution in [2.75, 3.05) is 19.6 Å². The Kier molecular flexibility index (Phi) is 4.09. The average Bonchev–Trinajstić information content (AvgIpc) is 3.02. The maximum Gasteiger partial charge on any atom is 0.110 e. The molecule has 3 heteroatoms. The smallest absolute Gasteiger partial charge is 0.110 e. The van der Waals surface area contributed by atoms with E-state index >= 15 is 0 Å². The summed E-state index contributed by atoms with van der Waals surface area (Å²) in [5, 5.41) is 6.67. The molecule has 0 saturated heterocycles. The lowest BCUT2D eigenvalue weighted by molar-refractivity contribution is 0.766. The summed E-state index contributed by atoms with van der Waals surface area (Å²) in [5.74, 6) is 1.07. The van der Waals surface area contributed by atoms with Crippen LogP contribution in [0.1, 0.15) is 5.56 Å². The van der Waals surface area contributed by atoms with Crippen molar-refractivity contribution in [2.45, 2.75) is 6.54 Å². The Bertz CT molecular complexity index is 573. The second-order valence-corrected chi connectivity index (χ2v) is 4.92. The number of rotatable bonds is 5. The van der Waals surface area contributed by atoms with Crippen molar-refractivity contribution in [3.05, 3.63) is 60.2 Å². The van der Waals surface area contributed by atoms with Crippen LogP contribution in [-0.2, 0) is 6.54 Å². The third-order valence-electron chi connectivity index (χ3n) is 3.43. The number of hydrogen-bond acceptors (Lipinski definition) is 3. The molecule has 0 unspecified atom stereocenters. The first-order valence-electron chi connectivity index (χ1n) is 7.04. The molecule has 2 N–H and O–H groups in total. The predicted molar refractivity (Wildman–Crippen MR) is 83.9 cm³/mol. The van der Waals surface area contributed by atoms with E-state index in [2.05, 4.69) is 64.2 Å². The lowest BCUT2D eigenvalue weighted by Gasteiger charge is -2.07. The first-order chi connectivity index (χ1) is 9.92. The molecule has 0 radical (unpaired) electrons. The monoisotopic (exact) mass is 265 g/mol. The van der Waals surface area contributed by atoms with Crippen molar-refractivity contribution >= 4 is 5.84 Å². The minimum atomic E-state index is 0.820. The Morgan fingerprint density at radius 1 is 0.900 bits per heavy atom. The van der Waals surface area contributed by atoms with Crippen molar-refractivity contribution < 1.29 is 0 Å². The Morgan fingerprint density at radius 2 is 1.65 bits per heavy atom. The van der Waals surface area contributed by atoms with Gasteiger partial charge in [0.05, 0.1) is 13.1 Å². The largest absolute Gasteiger partial charge is 0.371 e. The molecule has 0 saturated carbocycles. The van der Waals surface area contributed by atoms with Crippen LogP contribution < -0.4 is 10.6 Å². The first-order valence-corrected chi connectivity index (χ1v) is 7.04. The van der Waals surface area contributed by atoms with E-state index in [1.807, 2.05) is 6.07 Å². The molecule has 20 heavy (non-hydrogen) atoms. The van der Waals surface area contributed by atoms with Gasteiger partial charge in [0, 0.05) is 13.1 Å². The third kappa shape index (κ3) is 3.25.